The highest BCUT2D eigenvalue weighted by atomic mass is 35.5. The zero-order valence-corrected chi connectivity index (χ0v) is 8.85. The molecule has 1 unspecified atom stereocenters. The summed E-state index contributed by atoms with van der Waals surface area (Å²) in [6.07, 6.45) is 0. The zero-order valence-electron chi connectivity index (χ0n) is 8.10. The van der Waals surface area contributed by atoms with Crippen LogP contribution in [0.3, 0.4) is 0 Å². The molecule has 0 aliphatic heterocycles. The summed E-state index contributed by atoms with van der Waals surface area (Å²) in [7, 11) is 3.60. The molecule has 0 spiro atoms. The number of benzene rings is 1. The Bertz CT molecular complexity index is 315. The summed E-state index contributed by atoms with van der Waals surface area (Å²) >= 11 is 5.71. The Hall–Kier alpha value is -0.670. The van der Waals surface area contributed by atoms with Crippen molar-refractivity contribution in [2.24, 2.45) is 0 Å². The summed E-state index contributed by atoms with van der Waals surface area (Å²) in [6, 6.07) is 3.31. The molecule has 0 heterocycles. The van der Waals surface area contributed by atoms with Crippen molar-refractivity contribution < 1.29 is 8.78 Å². The van der Waals surface area contributed by atoms with Crippen LogP contribution in [0.25, 0.3) is 0 Å². The van der Waals surface area contributed by atoms with Gasteiger partial charge in [0.1, 0.15) is 11.6 Å². The van der Waals surface area contributed by atoms with Crippen LogP contribution in [0, 0.1) is 11.6 Å². The minimum Gasteiger partial charge on any atom is -0.301 e. The average Bonchev–Trinajstić information content (AvgIpc) is 2.09. The topological polar surface area (TPSA) is 3.24 Å². The Labute approximate surface area is 87.3 Å². The molecule has 0 N–H and O–H groups in total. The summed E-state index contributed by atoms with van der Waals surface area (Å²) in [5.41, 5.74) is 0.423. The maximum absolute atomic E-state index is 13.3. The number of hydrogen-bond donors (Lipinski definition) is 0. The summed E-state index contributed by atoms with van der Waals surface area (Å²) in [6.45, 7) is 0. The van der Waals surface area contributed by atoms with Crippen molar-refractivity contribution in [3.8, 4) is 0 Å². The van der Waals surface area contributed by atoms with Crippen LogP contribution in [0.15, 0.2) is 18.2 Å². The Morgan fingerprint density at radius 2 is 2.00 bits per heavy atom. The maximum atomic E-state index is 13.3. The molecule has 1 atom stereocenters. The standard InChI is InChI=1S/C10H12ClF2N/c1-14(2)10(6-11)8-4-3-7(12)5-9(8)13/h3-5,10H,6H2,1-2H3. The van der Waals surface area contributed by atoms with Crippen molar-refractivity contribution in [3.63, 3.8) is 0 Å². The van der Waals surface area contributed by atoms with Crippen LogP contribution in [0.5, 0.6) is 0 Å². The first-order valence-electron chi connectivity index (χ1n) is 4.23. The molecule has 0 fully saturated rings. The first-order valence-corrected chi connectivity index (χ1v) is 4.77. The lowest BCUT2D eigenvalue weighted by atomic mass is 10.1. The monoisotopic (exact) mass is 219 g/mol. The van der Waals surface area contributed by atoms with E-state index in [1.165, 1.54) is 12.1 Å². The lowest BCUT2D eigenvalue weighted by Gasteiger charge is -2.22. The molecule has 0 amide bonds. The third-order valence-corrected chi connectivity index (χ3v) is 2.38. The summed E-state index contributed by atoms with van der Waals surface area (Å²) < 4.78 is 26.0. The predicted molar refractivity (Wildman–Crippen MR) is 53.5 cm³/mol. The molecular weight excluding hydrogens is 208 g/mol. The van der Waals surface area contributed by atoms with Crippen molar-refractivity contribution >= 4 is 11.6 Å². The predicted octanol–water partition coefficient (Wildman–Crippen LogP) is 2.81. The largest absolute Gasteiger partial charge is 0.301 e. The lowest BCUT2D eigenvalue weighted by molar-refractivity contribution is 0.316. The number of nitrogens with zero attached hydrogens (tertiary/aromatic N) is 1. The quantitative estimate of drug-likeness (QED) is 0.707. The van der Waals surface area contributed by atoms with Gasteiger partial charge < -0.3 is 4.90 Å². The fraction of sp³-hybridized carbons (Fsp3) is 0.400. The Kier molecular flexibility index (Phi) is 3.84. The molecule has 4 heteroatoms. The van der Waals surface area contributed by atoms with Gasteiger partial charge in [0.15, 0.2) is 0 Å². The summed E-state index contributed by atoms with van der Waals surface area (Å²) in [5, 5.41) is 0. The molecule has 0 aromatic heterocycles. The third kappa shape index (κ3) is 2.42. The highest BCUT2D eigenvalue weighted by molar-refractivity contribution is 6.18. The van der Waals surface area contributed by atoms with E-state index in [4.69, 9.17) is 11.6 Å². The van der Waals surface area contributed by atoms with E-state index in [1.807, 2.05) is 0 Å². The molecule has 1 rings (SSSR count). The normalized spacial score (nSPS) is 13.3. The summed E-state index contributed by atoms with van der Waals surface area (Å²) in [5.74, 6) is -0.849. The molecule has 0 aliphatic rings. The fourth-order valence-electron chi connectivity index (χ4n) is 1.27. The number of halogens is 3. The van der Waals surface area contributed by atoms with Gasteiger partial charge in [-0.2, -0.15) is 0 Å². The van der Waals surface area contributed by atoms with Gasteiger partial charge in [-0.3, -0.25) is 0 Å². The van der Waals surface area contributed by atoms with E-state index in [1.54, 1.807) is 19.0 Å². The Morgan fingerprint density at radius 3 is 2.43 bits per heavy atom. The van der Waals surface area contributed by atoms with Crippen LogP contribution < -0.4 is 0 Å². The second kappa shape index (κ2) is 4.71. The molecule has 1 aromatic rings. The molecule has 0 bridgehead atoms. The molecule has 1 nitrogen and oxygen atoms in total. The minimum atomic E-state index is -0.571. The zero-order chi connectivity index (χ0) is 10.7. The van der Waals surface area contributed by atoms with E-state index in [9.17, 15) is 8.78 Å². The lowest BCUT2D eigenvalue weighted by Crippen LogP contribution is -2.22. The molecule has 14 heavy (non-hydrogen) atoms. The Morgan fingerprint density at radius 1 is 1.36 bits per heavy atom. The van der Waals surface area contributed by atoms with Gasteiger partial charge in [-0.05, 0) is 20.2 Å². The van der Waals surface area contributed by atoms with Gasteiger partial charge in [-0.15, -0.1) is 11.6 Å². The van der Waals surface area contributed by atoms with Crippen LogP contribution in [0.2, 0.25) is 0 Å². The van der Waals surface area contributed by atoms with Gasteiger partial charge in [0.2, 0.25) is 0 Å². The smallest absolute Gasteiger partial charge is 0.130 e. The maximum Gasteiger partial charge on any atom is 0.130 e. The van der Waals surface area contributed by atoms with Gasteiger partial charge in [-0.25, -0.2) is 8.78 Å². The Balaban J connectivity index is 3.04. The first kappa shape index (κ1) is 11.4. The summed E-state index contributed by atoms with van der Waals surface area (Å²) in [4.78, 5) is 1.79. The van der Waals surface area contributed by atoms with Gasteiger partial charge in [0, 0.05) is 17.5 Å². The molecule has 0 saturated heterocycles. The molecule has 0 aliphatic carbocycles. The first-order chi connectivity index (χ1) is 6.56. The highest BCUT2D eigenvalue weighted by Gasteiger charge is 2.17. The van der Waals surface area contributed by atoms with Gasteiger partial charge in [0.05, 0.1) is 6.04 Å². The molecule has 0 radical (unpaired) electrons. The minimum absolute atomic E-state index is 0.225. The van der Waals surface area contributed by atoms with Crippen LogP contribution in [-0.2, 0) is 0 Å². The van der Waals surface area contributed by atoms with Crippen molar-refractivity contribution in [1.82, 2.24) is 4.90 Å². The van der Waals surface area contributed by atoms with Crippen LogP contribution in [0.1, 0.15) is 11.6 Å². The van der Waals surface area contributed by atoms with E-state index in [0.717, 1.165) is 6.07 Å². The highest BCUT2D eigenvalue weighted by Crippen LogP contribution is 2.22. The van der Waals surface area contributed by atoms with Crippen LogP contribution in [0.4, 0.5) is 8.78 Å². The number of hydrogen-bond acceptors (Lipinski definition) is 1. The third-order valence-electron chi connectivity index (χ3n) is 2.09. The van der Waals surface area contributed by atoms with E-state index >= 15 is 0 Å². The van der Waals surface area contributed by atoms with E-state index in [0.29, 0.717) is 5.56 Å². The molecule has 78 valence electrons. The van der Waals surface area contributed by atoms with E-state index in [-0.39, 0.29) is 11.9 Å². The fourth-order valence-corrected chi connectivity index (χ4v) is 1.71. The second-order valence-corrected chi connectivity index (χ2v) is 3.61. The van der Waals surface area contributed by atoms with Crippen molar-refractivity contribution in [3.05, 3.63) is 35.4 Å². The second-order valence-electron chi connectivity index (χ2n) is 3.30. The molecular formula is C10H12ClF2N. The van der Waals surface area contributed by atoms with Crippen molar-refractivity contribution in [2.75, 3.05) is 20.0 Å². The number of rotatable bonds is 3. The van der Waals surface area contributed by atoms with Crippen molar-refractivity contribution in [1.29, 1.82) is 0 Å². The number of alkyl halides is 1. The van der Waals surface area contributed by atoms with Crippen LogP contribution >= 0.6 is 11.6 Å². The molecule has 0 saturated carbocycles. The molecule has 1 aromatic carbocycles. The van der Waals surface area contributed by atoms with Gasteiger partial charge >= 0.3 is 0 Å². The van der Waals surface area contributed by atoms with E-state index < -0.39 is 11.6 Å². The van der Waals surface area contributed by atoms with Crippen molar-refractivity contribution in [2.45, 2.75) is 6.04 Å². The van der Waals surface area contributed by atoms with Gasteiger partial charge in [0.25, 0.3) is 0 Å². The average molecular weight is 220 g/mol. The van der Waals surface area contributed by atoms with Gasteiger partial charge in [-0.1, -0.05) is 6.07 Å². The van der Waals surface area contributed by atoms with E-state index in [2.05, 4.69) is 0 Å². The SMILES string of the molecule is CN(C)C(CCl)c1ccc(F)cc1F. The van der Waals surface area contributed by atoms with Crippen LogP contribution in [-0.4, -0.2) is 24.9 Å².